The Morgan fingerprint density at radius 2 is 1.79 bits per heavy atom. The van der Waals surface area contributed by atoms with Crippen LogP contribution in [0.1, 0.15) is 35.7 Å². The van der Waals surface area contributed by atoms with Gasteiger partial charge >= 0.3 is 0 Å². The minimum atomic E-state index is -0.270. The summed E-state index contributed by atoms with van der Waals surface area (Å²) in [5.41, 5.74) is 2.01. The minimum absolute atomic E-state index is 0.0815. The van der Waals surface area contributed by atoms with Crippen LogP contribution in [-0.2, 0) is 18.3 Å². The van der Waals surface area contributed by atoms with Gasteiger partial charge in [-0.1, -0.05) is 42.5 Å². The molecule has 146 valence electrons. The summed E-state index contributed by atoms with van der Waals surface area (Å²) in [5, 5.41) is 0. The Bertz CT molecular complexity index is 890. The van der Waals surface area contributed by atoms with Crippen molar-refractivity contribution in [2.24, 2.45) is 7.05 Å². The van der Waals surface area contributed by atoms with Crippen molar-refractivity contribution in [2.45, 2.75) is 25.2 Å². The van der Waals surface area contributed by atoms with Crippen LogP contribution < -0.4 is 0 Å². The molecule has 0 bridgehead atoms. The Morgan fingerprint density at radius 3 is 2.43 bits per heavy atom. The van der Waals surface area contributed by atoms with Crippen LogP contribution in [-0.4, -0.2) is 34.0 Å². The Morgan fingerprint density at radius 1 is 1.11 bits per heavy atom. The first-order valence-electron chi connectivity index (χ1n) is 9.55. The maximum absolute atomic E-state index is 13.3. The van der Waals surface area contributed by atoms with Crippen molar-refractivity contribution in [1.82, 2.24) is 14.5 Å². The highest BCUT2D eigenvalue weighted by atomic mass is 19.1. The summed E-state index contributed by atoms with van der Waals surface area (Å²) in [6.07, 6.45) is 5.77. The highest BCUT2D eigenvalue weighted by molar-refractivity contribution is 5.77. The van der Waals surface area contributed by atoms with Crippen molar-refractivity contribution in [1.29, 1.82) is 0 Å². The van der Waals surface area contributed by atoms with E-state index in [1.807, 2.05) is 55.2 Å². The molecule has 1 atom stereocenters. The molecular weight excluding hydrogens is 353 g/mol. The third-order valence-electron chi connectivity index (χ3n) is 5.09. The van der Waals surface area contributed by atoms with Crippen LogP contribution in [0, 0.1) is 5.82 Å². The molecule has 1 amide bonds. The molecule has 1 aromatic heterocycles. The number of halogens is 1. The second-order valence-corrected chi connectivity index (χ2v) is 7.09. The standard InChI is InChI=1S/C23H26FN3O/c1-26-16-14-25-22(26)9-6-15-27(2)23(28)17-21(18-7-4-3-5-8-18)19-10-12-20(24)13-11-19/h3-5,7-8,10-14,16,21H,6,9,15,17H2,1-2H3/t21-/m0/s1. The largest absolute Gasteiger partial charge is 0.346 e. The smallest absolute Gasteiger partial charge is 0.223 e. The van der Waals surface area contributed by atoms with Crippen molar-refractivity contribution in [3.05, 3.63) is 89.8 Å². The minimum Gasteiger partial charge on any atom is -0.346 e. The lowest BCUT2D eigenvalue weighted by Gasteiger charge is -2.22. The van der Waals surface area contributed by atoms with E-state index in [4.69, 9.17) is 0 Å². The maximum atomic E-state index is 13.3. The molecule has 1 heterocycles. The van der Waals surface area contributed by atoms with Gasteiger partial charge in [0.1, 0.15) is 11.6 Å². The van der Waals surface area contributed by atoms with E-state index in [2.05, 4.69) is 4.98 Å². The van der Waals surface area contributed by atoms with Gasteiger partial charge in [-0.05, 0) is 29.7 Å². The average molecular weight is 379 g/mol. The summed E-state index contributed by atoms with van der Waals surface area (Å²) >= 11 is 0. The van der Waals surface area contributed by atoms with Crippen LogP contribution in [0.4, 0.5) is 4.39 Å². The van der Waals surface area contributed by atoms with Gasteiger partial charge in [-0.3, -0.25) is 4.79 Å². The predicted molar refractivity (Wildman–Crippen MR) is 108 cm³/mol. The molecule has 0 unspecified atom stereocenters. The molecule has 5 heteroatoms. The first-order chi connectivity index (χ1) is 13.5. The molecule has 28 heavy (non-hydrogen) atoms. The van der Waals surface area contributed by atoms with Gasteiger partial charge in [-0.25, -0.2) is 9.37 Å². The van der Waals surface area contributed by atoms with E-state index in [9.17, 15) is 9.18 Å². The second kappa shape index (κ2) is 9.31. The topological polar surface area (TPSA) is 38.1 Å². The molecule has 0 N–H and O–H groups in total. The number of hydrogen-bond donors (Lipinski definition) is 0. The molecule has 3 rings (SSSR count). The summed E-state index contributed by atoms with van der Waals surface area (Å²) in [6.45, 7) is 0.677. The number of nitrogens with zero attached hydrogens (tertiary/aromatic N) is 3. The van der Waals surface area contributed by atoms with Crippen LogP contribution in [0.25, 0.3) is 0 Å². The van der Waals surface area contributed by atoms with E-state index in [1.54, 1.807) is 23.2 Å². The lowest BCUT2D eigenvalue weighted by atomic mass is 9.88. The summed E-state index contributed by atoms with van der Waals surface area (Å²) in [7, 11) is 3.82. The van der Waals surface area contributed by atoms with Gasteiger partial charge in [0, 0.05) is 51.8 Å². The quantitative estimate of drug-likeness (QED) is 0.589. The number of aryl methyl sites for hydroxylation is 2. The van der Waals surface area contributed by atoms with E-state index >= 15 is 0 Å². The van der Waals surface area contributed by atoms with Gasteiger partial charge in [-0.15, -0.1) is 0 Å². The third-order valence-corrected chi connectivity index (χ3v) is 5.09. The summed E-state index contributed by atoms with van der Waals surface area (Å²) < 4.78 is 15.3. The first kappa shape index (κ1) is 19.8. The van der Waals surface area contributed by atoms with Crippen LogP contribution >= 0.6 is 0 Å². The van der Waals surface area contributed by atoms with E-state index < -0.39 is 0 Å². The molecule has 4 nitrogen and oxygen atoms in total. The molecule has 0 aliphatic rings. The van der Waals surface area contributed by atoms with Crippen LogP contribution in [0.3, 0.4) is 0 Å². The van der Waals surface area contributed by atoms with E-state index in [-0.39, 0.29) is 17.6 Å². The van der Waals surface area contributed by atoms with Crippen LogP contribution in [0.15, 0.2) is 67.0 Å². The number of carbonyl (C=O) groups is 1. The molecule has 0 aliphatic heterocycles. The summed E-state index contributed by atoms with van der Waals surface area (Å²) in [4.78, 5) is 19.0. The zero-order chi connectivity index (χ0) is 19.9. The Labute approximate surface area is 165 Å². The third kappa shape index (κ3) is 5.06. The fourth-order valence-electron chi connectivity index (χ4n) is 3.38. The van der Waals surface area contributed by atoms with Crippen molar-refractivity contribution < 1.29 is 9.18 Å². The van der Waals surface area contributed by atoms with Crippen molar-refractivity contribution in [2.75, 3.05) is 13.6 Å². The number of rotatable bonds is 8. The molecule has 0 fully saturated rings. The molecule has 0 spiro atoms. The van der Waals surface area contributed by atoms with Gasteiger partial charge in [0.15, 0.2) is 0 Å². The van der Waals surface area contributed by atoms with E-state index in [1.165, 1.54) is 12.1 Å². The van der Waals surface area contributed by atoms with Gasteiger partial charge in [0.2, 0.25) is 5.91 Å². The van der Waals surface area contributed by atoms with Gasteiger partial charge in [0.05, 0.1) is 0 Å². The Balaban J connectivity index is 1.65. The van der Waals surface area contributed by atoms with Gasteiger partial charge < -0.3 is 9.47 Å². The van der Waals surface area contributed by atoms with Crippen LogP contribution in [0.5, 0.6) is 0 Å². The number of carbonyl (C=O) groups excluding carboxylic acids is 1. The lowest BCUT2D eigenvalue weighted by Crippen LogP contribution is -2.29. The molecular formula is C23H26FN3O. The van der Waals surface area contributed by atoms with Crippen LogP contribution in [0.2, 0.25) is 0 Å². The van der Waals surface area contributed by atoms with Gasteiger partial charge in [-0.2, -0.15) is 0 Å². The maximum Gasteiger partial charge on any atom is 0.223 e. The number of amides is 1. The number of hydrogen-bond acceptors (Lipinski definition) is 2. The molecule has 0 radical (unpaired) electrons. The monoisotopic (exact) mass is 379 g/mol. The number of imidazole rings is 1. The normalized spacial score (nSPS) is 12.0. The lowest BCUT2D eigenvalue weighted by molar-refractivity contribution is -0.130. The van der Waals surface area contributed by atoms with Crippen molar-refractivity contribution >= 4 is 5.91 Å². The Hall–Kier alpha value is -2.95. The van der Waals surface area contributed by atoms with Crippen molar-refractivity contribution in [3.63, 3.8) is 0 Å². The fourth-order valence-corrected chi connectivity index (χ4v) is 3.38. The highest BCUT2D eigenvalue weighted by Gasteiger charge is 2.20. The molecule has 2 aromatic carbocycles. The molecule has 0 aliphatic carbocycles. The van der Waals surface area contributed by atoms with Crippen molar-refractivity contribution in [3.8, 4) is 0 Å². The molecule has 0 saturated carbocycles. The first-order valence-corrected chi connectivity index (χ1v) is 9.55. The Kier molecular flexibility index (Phi) is 6.58. The SMILES string of the molecule is CN(CCCc1nccn1C)C(=O)C[C@@H](c1ccccc1)c1ccc(F)cc1. The summed E-state index contributed by atoms with van der Waals surface area (Å²) in [5.74, 6) is 0.743. The zero-order valence-electron chi connectivity index (χ0n) is 16.4. The number of benzene rings is 2. The zero-order valence-corrected chi connectivity index (χ0v) is 16.4. The predicted octanol–water partition coefficient (Wildman–Crippen LogP) is 4.17. The highest BCUT2D eigenvalue weighted by Crippen LogP contribution is 2.28. The average Bonchev–Trinajstić information content (AvgIpc) is 3.12. The van der Waals surface area contributed by atoms with Gasteiger partial charge in [0.25, 0.3) is 0 Å². The fraction of sp³-hybridized carbons (Fsp3) is 0.304. The number of aromatic nitrogens is 2. The van der Waals surface area contributed by atoms with E-state index in [0.29, 0.717) is 13.0 Å². The van der Waals surface area contributed by atoms with E-state index in [0.717, 1.165) is 29.8 Å². The summed E-state index contributed by atoms with van der Waals surface area (Å²) in [6, 6.07) is 16.3. The second-order valence-electron chi connectivity index (χ2n) is 7.09. The molecule has 0 saturated heterocycles. The molecule has 3 aromatic rings.